The van der Waals surface area contributed by atoms with Gasteiger partial charge in [0.25, 0.3) is 0 Å². The zero-order chi connectivity index (χ0) is 14.8. The highest BCUT2D eigenvalue weighted by Gasteiger charge is 2.31. The van der Waals surface area contributed by atoms with Crippen LogP contribution in [0.1, 0.15) is 11.5 Å². The minimum atomic E-state index is -4.65. The molecule has 0 aromatic heterocycles. The molecule has 2 rings (SSSR count). The highest BCUT2D eigenvalue weighted by atomic mass is 19.4. The van der Waals surface area contributed by atoms with Gasteiger partial charge >= 0.3 is 6.36 Å². The summed E-state index contributed by atoms with van der Waals surface area (Å²) in [5, 5.41) is 0. The summed E-state index contributed by atoms with van der Waals surface area (Å²) in [4.78, 5) is 2.07. The average molecular weight is 283 g/mol. The van der Waals surface area contributed by atoms with Crippen molar-refractivity contribution in [1.82, 2.24) is 4.90 Å². The van der Waals surface area contributed by atoms with Crippen molar-refractivity contribution >= 4 is 0 Å². The molecule has 0 radical (unpaired) electrons. The maximum Gasteiger partial charge on any atom is 0.573 e. The average Bonchev–Trinajstić information content (AvgIpc) is 2.75. The number of benzene rings is 1. The Morgan fingerprint density at radius 2 is 1.80 bits per heavy atom. The van der Waals surface area contributed by atoms with Gasteiger partial charge in [-0.2, -0.15) is 0 Å². The first-order valence-electron chi connectivity index (χ1n) is 6.23. The summed E-state index contributed by atoms with van der Waals surface area (Å²) in [5.74, 6) is -0.0781. The summed E-state index contributed by atoms with van der Waals surface area (Å²) in [5.41, 5.74) is 2.15. The van der Waals surface area contributed by atoms with Gasteiger partial charge in [-0.15, -0.1) is 13.2 Å². The molecule has 2 nitrogen and oxygen atoms in total. The SMILES string of the molecule is CN(C)CC1=CC(c2ccc(OC(F)(F)F)cc2)C=C1. The molecule has 1 atom stereocenters. The predicted octanol–water partition coefficient (Wildman–Crippen LogP) is 3.73. The van der Waals surface area contributed by atoms with E-state index in [0.29, 0.717) is 0 Å². The van der Waals surface area contributed by atoms with E-state index in [1.807, 2.05) is 26.2 Å². The molecule has 1 aliphatic carbocycles. The second-order valence-corrected chi connectivity index (χ2v) is 4.98. The zero-order valence-electron chi connectivity index (χ0n) is 11.3. The number of likely N-dealkylation sites (N-methyl/N-ethyl adjacent to an activating group) is 1. The van der Waals surface area contributed by atoms with Gasteiger partial charge in [0.1, 0.15) is 5.75 Å². The van der Waals surface area contributed by atoms with Gasteiger partial charge in [-0.3, -0.25) is 0 Å². The van der Waals surface area contributed by atoms with Gasteiger partial charge in [-0.25, -0.2) is 0 Å². The van der Waals surface area contributed by atoms with Crippen LogP contribution in [0.3, 0.4) is 0 Å². The Kier molecular flexibility index (Phi) is 4.18. The first kappa shape index (κ1) is 14.7. The van der Waals surface area contributed by atoms with Gasteiger partial charge in [0, 0.05) is 12.5 Å². The summed E-state index contributed by atoms with van der Waals surface area (Å²) < 4.78 is 40.1. The van der Waals surface area contributed by atoms with E-state index in [4.69, 9.17) is 0 Å². The van der Waals surface area contributed by atoms with E-state index < -0.39 is 6.36 Å². The van der Waals surface area contributed by atoms with Crippen LogP contribution in [0.2, 0.25) is 0 Å². The van der Waals surface area contributed by atoms with E-state index in [-0.39, 0.29) is 11.7 Å². The van der Waals surface area contributed by atoms with E-state index in [1.165, 1.54) is 17.7 Å². The lowest BCUT2D eigenvalue weighted by Crippen LogP contribution is -2.17. The van der Waals surface area contributed by atoms with Crippen molar-refractivity contribution < 1.29 is 17.9 Å². The molecular formula is C15H16F3NO. The van der Waals surface area contributed by atoms with Crippen LogP contribution < -0.4 is 4.74 Å². The zero-order valence-corrected chi connectivity index (χ0v) is 11.3. The Morgan fingerprint density at radius 3 is 2.35 bits per heavy atom. The van der Waals surface area contributed by atoms with Gasteiger partial charge in [0.15, 0.2) is 0 Å². The molecular weight excluding hydrogens is 267 g/mol. The van der Waals surface area contributed by atoms with Gasteiger partial charge in [-0.1, -0.05) is 30.4 Å². The fraction of sp³-hybridized carbons (Fsp3) is 0.333. The van der Waals surface area contributed by atoms with Crippen LogP contribution in [0.4, 0.5) is 13.2 Å². The van der Waals surface area contributed by atoms with Crippen molar-refractivity contribution in [3.8, 4) is 5.75 Å². The molecule has 1 unspecified atom stereocenters. The maximum atomic E-state index is 12.1. The molecule has 0 bridgehead atoms. The third-order valence-electron chi connectivity index (χ3n) is 2.91. The van der Waals surface area contributed by atoms with Crippen LogP contribution >= 0.6 is 0 Å². The first-order valence-corrected chi connectivity index (χ1v) is 6.23. The highest BCUT2D eigenvalue weighted by molar-refractivity contribution is 5.42. The van der Waals surface area contributed by atoms with E-state index in [1.54, 1.807) is 12.1 Å². The predicted molar refractivity (Wildman–Crippen MR) is 71.6 cm³/mol. The van der Waals surface area contributed by atoms with E-state index >= 15 is 0 Å². The standard InChI is InChI=1S/C15H16F3NO/c1-19(2)10-11-3-4-13(9-11)12-5-7-14(8-6-12)20-15(16,17)18/h3-9,13H,10H2,1-2H3. The van der Waals surface area contributed by atoms with Crippen molar-refractivity contribution in [2.45, 2.75) is 12.3 Å². The minimum absolute atomic E-state index is 0.116. The molecule has 5 heteroatoms. The van der Waals surface area contributed by atoms with Gasteiger partial charge in [0.05, 0.1) is 0 Å². The lowest BCUT2D eigenvalue weighted by Gasteiger charge is -2.11. The second kappa shape index (κ2) is 5.71. The summed E-state index contributed by atoms with van der Waals surface area (Å²) in [6.07, 6.45) is 1.55. The molecule has 1 aromatic carbocycles. The largest absolute Gasteiger partial charge is 0.573 e. The molecule has 0 fully saturated rings. The molecule has 0 aliphatic heterocycles. The number of alkyl halides is 3. The topological polar surface area (TPSA) is 12.5 Å². The molecule has 20 heavy (non-hydrogen) atoms. The normalized spacial score (nSPS) is 18.5. The Hall–Kier alpha value is -1.75. The van der Waals surface area contributed by atoms with Crippen LogP contribution in [0, 0.1) is 0 Å². The quantitative estimate of drug-likeness (QED) is 0.835. The fourth-order valence-electron chi connectivity index (χ4n) is 2.14. The molecule has 1 aliphatic rings. The lowest BCUT2D eigenvalue weighted by molar-refractivity contribution is -0.274. The third kappa shape index (κ3) is 4.13. The molecule has 108 valence electrons. The summed E-state index contributed by atoms with van der Waals surface area (Å²) in [7, 11) is 3.98. The van der Waals surface area contributed by atoms with Gasteiger partial charge in [-0.05, 0) is 37.4 Å². The number of nitrogens with zero attached hydrogens (tertiary/aromatic N) is 1. The van der Waals surface area contributed by atoms with Gasteiger partial charge < -0.3 is 9.64 Å². The van der Waals surface area contributed by atoms with Crippen LogP contribution in [-0.2, 0) is 0 Å². The minimum Gasteiger partial charge on any atom is -0.406 e. The molecule has 0 saturated carbocycles. The van der Waals surface area contributed by atoms with E-state index in [0.717, 1.165) is 12.1 Å². The molecule has 0 amide bonds. The summed E-state index contributed by atoms with van der Waals surface area (Å²) >= 11 is 0. The van der Waals surface area contributed by atoms with Crippen molar-refractivity contribution in [1.29, 1.82) is 0 Å². The van der Waals surface area contributed by atoms with Crippen molar-refractivity contribution in [2.24, 2.45) is 0 Å². The Morgan fingerprint density at radius 1 is 1.15 bits per heavy atom. The monoisotopic (exact) mass is 283 g/mol. The lowest BCUT2D eigenvalue weighted by atomic mass is 10.0. The number of hydrogen-bond acceptors (Lipinski definition) is 2. The number of ether oxygens (including phenoxy) is 1. The smallest absolute Gasteiger partial charge is 0.406 e. The summed E-state index contributed by atoms with van der Waals surface area (Å²) in [6.45, 7) is 0.849. The van der Waals surface area contributed by atoms with E-state index in [2.05, 4.69) is 15.7 Å². The number of rotatable bonds is 4. The summed E-state index contributed by atoms with van der Waals surface area (Å²) in [6, 6.07) is 6.00. The third-order valence-corrected chi connectivity index (χ3v) is 2.91. The number of allylic oxidation sites excluding steroid dienone is 2. The molecule has 0 saturated heterocycles. The molecule has 0 spiro atoms. The van der Waals surface area contributed by atoms with E-state index in [9.17, 15) is 13.2 Å². The molecule has 1 aromatic rings. The Balaban J connectivity index is 2.05. The fourth-order valence-corrected chi connectivity index (χ4v) is 2.14. The second-order valence-electron chi connectivity index (χ2n) is 4.98. The van der Waals surface area contributed by atoms with Crippen molar-refractivity contribution in [3.05, 3.63) is 53.6 Å². The Labute approximate surface area is 116 Å². The number of halogens is 3. The van der Waals surface area contributed by atoms with Crippen LogP contribution in [0.5, 0.6) is 5.75 Å². The van der Waals surface area contributed by atoms with Crippen molar-refractivity contribution in [2.75, 3.05) is 20.6 Å². The Bertz CT molecular complexity index is 515. The highest BCUT2D eigenvalue weighted by Crippen LogP contribution is 2.29. The van der Waals surface area contributed by atoms with Gasteiger partial charge in [0.2, 0.25) is 0 Å². The first-order chi connectivity index (χ1) is 9.33. The van der Waals surface area contributed by atoms with Crippen LogP contribution in [-0.4, -0.2) is 31.9 Å². The molecule has 0 heterocycles. The van der Waals surface area contributed by atoms with Crippen molar-refractivity contribution in [3.63, 3.8) is 0 Å². The van der Waals surface area contributed by atoms with Crippen LogP contribution in [0.15, 0.2) is 48.1 Å². The van der Waals surface area contributed by atoms with Crippen LogP contribution in [0.25, 0.3) is 0 Å². The maximum absolute atomic E-state index is 12.1. The number of hydrogen-bond donors (Lipinski definition) is 0. The molecule has 0 N–H and O–H groups in total.